The van der Waals surface area contributed by atoms with Gasteiger partial charge in [0.25, 0.3) is 0 Å². The number of hydrogen-bond acceptors (Lipinski definition) is 3. The summed E-state index contributed by atoms with van der Waals surface area (Å²) in [6.07, 6.45) is 7.50. The first kappa shape index (κ1) is 16.5. The second kappa shape index (κ2) is 8.56. The predicted octanol–water partition coefficient (Wildman–Crippen LogP) is 4.11. The van der Waals surface area contributed by atoms with E-state index in [1.807, 2.05) is 6.92 Å². The molecule has 0 aliphatic carbocycles. The third kappa shape index (κ3) is 6.04. The molecule has 0 fully saturated rings. The number of aromatic carboxylic acids is 1. The van der Waals surface area contributed by atoms with Crippen molar-refractivity contribution in [2.45, 2.75) is 52.9 Å². The molecular formula is C16H26N2O2. The molecule has 112 valence electrons. The predicted molar refractivity (Wildman–Crippen MR) is 82.3 cm³/mol. The maximum atomic E-state index is 11.1. The Hall–Kier alpha value is -1.58. The average Bonchev–Trinajstić information content (AvgIpc) is 2.37. The molecule has 0 aliphatic rings. The quantitative estimate of drug-likeness (QED) is 0.667. The highest BCUT2D eigenvalue weighted by Gasteiger charge is 2.10. The van der Waals surface area contributed by atoms with Crippen LogP contribution in [0.25, 0.3) is 0 Å². The van der Waals surface area contributed by atoms with Crippen molar-refractivity contribution in [3.63, 3.8) is 0 Å². The van der Waals surface area contributed by atoms with E-state index in [0.717, 1.165) is 24.6 Å². The third-order valence-corrected chi connectivity index (χ3v) is 3.29. The van der Waals surface area contributed by atoms with Crippen LogP contribution in [0.15, 0.2) is 12.3 Å². The molecule has 2 N–H and O–H groups in total. The zero-order chi connectivity index (χ0) is 15.0. The van der Waals surface area contributed by atoms with Gasteiger partial charge in [0.05, 0.1) is 5.69 Å². The van der Waals surface area contributed by atoms with E-state index < -0.39 is 5.97 Å². The van der Waals surface area contributed by atoms with Crippen LogP contribution in [0, 0.1) is 12.8 Å². The molecule has 4 heteroatoms. The number of nitrogens with zero attached hydrogens (tertiary/aromatic N) is 1. The van der Waals surface area contributed by atoms with Crippen molar-refractivity contribution >= 4 is 11.7 Å². The smallest absolute Gasteiger partial charge is 0.339 e. The van der Waals surface area contributed by atoms with E-state index in [-0.39, 0.29) is 5.56 Å². The Morgan fingerprint density at radius 2 is 2.00 bits per heavy atom. The Morgan fingerprint density at radius 3 is 2.65 bits per heavy atom. The summed E-state index contributed by atoms with van der Waals surface area (Å²) in [5.74, 6) is -0.150. The van der Waals surface area contributed by atoms with Gasteiger partial charge in [-0.25, -0.2) is 4.79 Å². The number of anilines is 1. The van der Waals surface area contributed by atoms with Gasteiger partial charge in [-0.2, -0.15) is 0 Å². The maximum Gasteiger partial charge on any atom is 0.339 e. The summed E-state index contributed by atoms with van der Waals surface area (Å²) in [6, 6.07) is 1.79. The number of unbranched alkanes of at least 4 members (excludes halogenated alkanes) is 3. The Labute approximate surface area is 121 Å². The molecule has 0 saturated carbocycles. The van der Waals surface area contributed by atoms with E-state index in [1.54, 1.807) is 6.07 Å². The summed E-state index contributed by atoms with van der Waals surface area (Å²) in [7, 11) is 0. The lowest BCUT2D eigenvalue weighted by atomic mass is 10.0. The van der Waals surface area contributed by atoms with Crippen molar-refractivity contribution in [1.29, 1.82) is 0 Å². The number of carbonyl (C=O) groups is 1. The molecule has 1 aromatic heterocycles. The molecule has 0 bridgehead atoms. The highest BCUT2D eigenvalue weighted by atomic mass is 16.4. The topological polar surface area (TPSA) is 62.2 Å². The molecule has 0 aliphatic heterocycles. The van der Waals surface area contributed by atoms with Crippen LogP contribution in [0.2, 0.25) is 0 Å². The van der Waals surface area contributed by atoms with Crippen molar-refractivity contribution in [3.8, 4) is 0 Å². The molecule has 1 aromatic rings. The van der Waals surface area contributed by atoms with Crippen molar-refractivity contribution < 1.29 is 9.90 Å². The van der Waals surface area contributed by atoms with Crippen LogP contribution in [-0.4, -0.2) is 22.6 Å². The lowest BCUT2D eigenvalue weighted by Crippen LogP contribution is -2.08. The number of hydrogen-bond donors (Lipinski definition) is 2. The van der Waals surface area contributed by atoms with Gasteiger partial charge in [0.15, 0.2) is 0 Å². The molecule has 0 aromatic carbocycles. The summed E-state index contributed by atoms with van der Waals surface area (Å²) in [5, 5.41) is 12.3. The largest absolute Gasteiger partial charge is 0.478 e. The van der Waals surface area contributed by atoms with Gasteiger partial charge in [0, 0.05) is 18.4 Å². The maximum absolute atomic E-state index is 11.1. The number of aromatic nitrogens is 1. The van der Waals surface area contributed by atoms with Gasteiger partial charge in [0.1, 0.15) is 5.56 Å². The van der Waals surface area contributed by atoms with Crippen LogP contribution in [0.3, 0.4) is 0 Å². The summed E-state index contributed by atoms with van der Waals surface area (Å²) in [6.45, 7) is 7.18. The molecule has 0 unspecified atom stereocenters. The van der Waals surface area contributed by atoms with Crippen LogP contribution < -0.4 is 5.32 Å². The SMILES string of the molecule is Cc1cc(NCCCCCCC(C)C)c(C(=O)O)cn1. The van der Waals surface area contributed by atoms with E-state index >= 15 is 0 Å². The van der Waals surface area contributed by atoms with Gasteiger partial charge >= 0.3 is 5.97 Å². The summed E-state index contributed by atoms with van der Waals surface area (Å²) < 4.78 is 0. The van der Waals surface area contributed by atoms with Gasteiger partial charge in [-0.05, 0) is 25.3 Å². The summed E-state index contributed by atoms with van der Waals surface area (Å²) in [5.41, 5.74) is 1.75. The van der Waals surface area contributed by atoms with Crippen LogP contribution >= 0.6 is 0 Å². The number of rotatable bonds is 9. The molecule has 1 heterocycles. The minimum atomic E-state index is -0.933. The number of carboxylic acids is 1. The fraction of sp³-hybridized carbons (Fsp3) is 0.625. The molecule has 20 heavy (non-hydrogen) atoms. The number of pyridine rings is 1. The van der Waals surface area contributed by atoms with E-state index in [2.05, 4.69) is 24.1 Å². The van der Waals surface area contributed by atoms with Gasteiger partial charge < -0.3 is 10.4 Å². The molecule has 0 radical (unpaired) electrons. The van der Waals surface area contributed by atoms with Crippen LogP contribution in [-0.2, 0) is 0 Å². The van der Waals surface area contributed by atoms with Crippen LogP contribution in [0.4, 0.5) is 5.69 Å². The summed E-state index contributed by atoms with van der Waals surface area (Å²) in [4.78, 5) is 15.1. The van der Waals surface area contributed by atoms with Crippen molar-refractivity contribution in [3.05, 3.63) is 23.5 Å². The van der Waals surface area contributed by atoms with E-state index in [4.69, 9.17) is 5.11 Å². The number of nitrogens with one attached hydrogen (secondary N) is 1. The first-order chi connectivity index (χ1) is 9.50. The molecule has 0 saturated heterocycles. The van der Waals surface area contributed by atoms with Crippen molar-refractivity contribution in [2.75, 3.05) is 11.9 Å². The normalized spacial score (nSPS) is 10.8. The molecule has 0 amide bonds. The fourth-order valence-corrected chi connectivity index (χ4v) is 2.13. The first-order valence-corrected chi connectivity index (χ1v) is 7.44. The van der Waals surface area contributed by atoms with E-state index in [1.165, 1.54) is 31.9 Å². The lowest BCUT2D eigenvalue weighted by molar-refractivity contribution is 0.0697. The Bertz CT molecular complexity index is 430. The highest BCUT2D eigenvalue weighted by molar-refractivity contribution is 5.93. The second-order valence-electron chi connectivity index (χ2n) is 5.70. The van der Waals surface area contributed by atoms with Gasteiger partial charge in [-0.15, -0.1) is 0 Å². The van der Waals surface area contributed by atoms with E-state index in [9.17, 15) is 4.79 Å². The molecular weight excluding hydrogens is 252 g/mol. The molecule has 1 rings (SSSR count). The Kier molecular flexibility index (Phi) is 7.05. The second-order valence-corrected chi connectivity index (χ2v) is 5.70. The van der Waals surface area contributed by atoms with E-state index in [0.29, 0.717) is 5.69 Å². The van der Waals surface area contributed by atoms with Gasteiger partial charge in [0.2, 0.25) is 0 Å². The van der Waals surface area contributed by atoms with Crippen LogP contribution in [0.5, 0.6) is 0 Å². The Morgan fingerprint density at radius 1 is 1.30 bits per heavy atom. The number of aryl methyl sites for hydroxylation is 1. The number of carboxylic acid groups (broad SMARTS) is 1. The fourth-order valence-electron chi connectivity index (χ4n) is 2.13. The summed E-state index contributed by atoms with van der Waals surface area (Å²) >= 11 is 0. The third-order valence-electron chi connectivity index (χ3n) is 3.29. The monoisotopic (exact) mass is 278 g/mol. The average molecular weight is 278 g/mol. The zero-order valence-electron chi connectivity index (χ0n) is 12.8. The van der Waals surface area contributed by atoms with Gasteiger partial charge in [-0.1, -0.05) is 39.5 Å². The molecule has 0 spiro atoms. The minimum absolute atomic E-state index is 0.246. The molecule has 4 nitrogen and oxygen atoms in total. The lowest BCUT2D eigenvalue weighted by Gasteiger charge is -2.10. The van der Waals surface area contributed by atoms with Crippen molar-refractivity contribution in [1.82, 2.24) is 4.98 Å². The Balaban J connectivity index is 2.31. The first-order valence-electron chi connectivity index (χ1n) is 7.44. The minimum Gasteiger partial charge on any atom is -0.478 e. The zero-order valence-corrected chi connectivity index (χ0v) is 12.8. The van der Waals surface area contributed by atoms with Gasteiger partial charge in [-0.3, -0.25) is 4.98 Å². The highest BCUT2D eigenvalue weighted by Crippen LogP contribution is 2.16. The van der Waals surface area contributed by atoms with Crippen molar-refractivity contribution in [2.24, 2.45) is 5.92 Å². The standard InChI is InChI=1S/C16H26N2O2/c1-12(2)8-6-4-5-7-9-17-15-10-13(3)18-11-14(15)16(19)20/h10-12H,4-9H2,1-3H3,(H,17,18)(H,19,20). The molecule has 0 atom stereocenters. The van der Waals surface area contributed by atoms with Crippen LogP contribution in [0.1, 0.15) is 62.0 Å².